The highest BCUT2D eigenvalue weighted by atomic mass is 19.4. The molecular weight excluding hydrogens is 337 g/mol. The first-order chi connectivity index (χ1) is 11.9. The van der Waals surface area contributed by atoms with Crippen molar-refractivity contribution in [2.24, 2.45) is 5.73 Å². The molecule has 0 bridgehead atoms. The summed E-state index contributed by atoms with van der Waals surface area (Å²) in [6.45, 7) is 0. The topological polar surface area (TPSA) is 110 Å². The van der Waals surface area contributed by atoms with Crippen molar-refractivity contribution in [1.29, 1.82) is 0 Å². The van der Waals surface area contributed by atoms with Crippen LogP contribution in [0, 0.1) is 0 Å². The van der Waals surface area contributed by atoms with Crippen LogP contribution in [0.25, 0.3) is 22.5 Å². The number of nitrogens with two attached hydrogens (primary N) is 1. The summed E-state index contributed by atoms with van der Waals surface area (Å²) >= 11 is 0. The lowest BCUT2D eigenvalue weighted by Crippen LogP contribution is -2.20. The number of benzene rings is 2. The summed E-state index contributed by atoms with van der Waals surface area (Å²) in [6, 6.07) is 8.71. The van der Waals surface area contributed by atoms with Crippen molar-refractivity contribution < 1.29 is 18.0 Å². The molecule has 25 heavy (non-hydrogen) atoms. The van der Waals surface area contributed by atoms with E-state index >= 15 is 0 Å². The molecule has 0 unspecified atom stereocenters. The number of amides is 2. The number of hydrogen-bond donors (Lipinski definition) is 3. The molecule has 0 aliphatic rings. The second-order valence-corrected chi connectivity index (χ2v) is 5.04. The van der Waals surface area contributed by atoms with Crippen LogP contribution in [0.3, 0.4) is 0 Å². The molecular formula is C15H11F3N6O. The molecule has 2 amide bonds. The molecule has 2 aromatic carbocycles. The van der Waals surface area contributed by atoms with E-state index in [0.717, 1.165) is 12.1 Å². The average molecular weight is 348 g/mol. The van der Waals surface area contributed by atoms with Crippen molar-refractivity contribution >= 4 is 11.7 Å². The first kappa shape index (κ1) is 16.4. The number of nitrogens with zero attached hydrogens (tertiary/aromatic N) is 3. The van der Waals surface area contributed by atoms with Crippen LogP contribution in [0.15, 0.2) is 42.5 Å². The zero-order valence-electron chi connectivity index (χ0n) is 12.5. The molecule has 0 aliphatic carbocycles. The summed E-state index contributed by atoms with van der Waals surface area (Å²) < 4.78 is 38.2. The van der Waals surface area contributed by atoms with Crippen LogP contribution in [0.1, 0.15) is 5.56 Å². The van der Waals surface area contributed by atoms with E-state index in [0.29, 0.717) is 22.4 Å². The molecule has 0 saturated carbocycles. The van der Waals surface area contributed by atoms with Gasteiger partial charge in [-0.25, -0.2) is 9.89 Å². The molecule has 10 heteroatoms. The summed E-state index contributed by atoms with van der Waals surface area (Å²) in [5, 5.41) is 15.8. The Kier molecular flexibility index (Phi) is 4.09. The Balaban J connectivity index is 2.14. The number of carbonyl (C=O) groups excluding carboxylic acids is 1. The van der Waals surface area contributed by atoms with Gasteiger partial charge >= 0.3 is 12.2 Å². The van der Waals surface area contributed by atoms with Gasteiger partial charge in [-0.1, -0.05) is 24.3 Å². The van der Waals surface area contributed by atoms with Gasteiger partial charge in [-0.3, -0.25) is 0 Å². The quantitative estimate of drug-likeness (QED) is 0.676. The summed E-state index contributed by atoms with van der Waals surface area (Å²) in [4.78, 5) is 11.2. The molecule has 0 spiro atoms. The third kappa shape index (κ3) is 3.42. The van der Waals surface area contributed by atoms with E-state index in [9.17, 15) is 18.0 Å². The fourth-order valence-corrected chi connectivity index (χ4v) is 2.39. The molecule has 3 rings (SSSR count). The SMILES string of the molecule is NC(=O)Nc1cccc(-c2ccc(C(F)(F)F)cc2)c1-c1nnn[nH]1. The van der Waals surface area contributed by atoms with Crippen LogP contribution in [-0.4, -0.2) is 26.7 Å². The number of hydrogen-bond acceptors (Lipinski definition) is 4. The number of carbonyl (C=O) groups is 1. The number of aromatic nitrogens is 4. The lowest BCUT2D eigenvalue weighted by molar-refractivity contribution is -0.137. The molecule has 128 valence electrons. The van der Waals surface area contributed by atoms with Gasteiger partial charge in [0.05, 0.1) is 16.8 Å². The zero-order chi connectivity index (χ0) is 18.0. The highest BCUT2D eigenvalue weighted by Crippen LogP contribution is 2.37. The van der Waals surface area contributed by atoms with Gasteiger partial charge in [0.25, 0.3) is 0 Å². The van der Waals surface area contributed by atoms with Crippen molar-refractivity contribution in [3.05, 3.63) is 48.0 Å². The zero-order valence-corrected chi connectivity index (χ0v) is 12.5. The predicted molar refractivity (Wildman–Crippen MR) is 83.3 cm³/mol. The van der Waals surface area contributed by atoms with Gasteiger partial charge in [-0.15, -0.1) is 5.10 Å². The number of halogens is 3. The fraction of sp³-hybridized carbons (Fsp3) is 0.0667. The number of urea groups is 1. The Labute approximate surface area is 139 Å². The van der Waals surface area contributed by atoms with Gasteiger partial charge in [-0.05, 0) is 39.8 Å². The first-order valence-electron chi connectivity index (χ1n) is 6.97. The number of nitrogens with one attached hydrogen (secondary N) is 2. The van der Waals surface area contributed by atoms with Crippen LogP contribution in [0.4, 0.5) is 23.7 Å². The molecule has 1 aromatic heterocycles. The Morgan fingerprint density at radius 2 is 1.84 bits per heavy atom. The molecule has 1 heterocycles. The van der Waals surface area contributed by atoms with Crippen molar-refractivity contribution in [2.45, 2.75) is 6.18 Å². The van der Waals surface area contributed by atoms with Gasteiger partial charge in [-0.2, -0.15) is 13.2 Å². The molecule has 0 atom stereocenters. The van der Waals surface area contributed by atoms with E-state index in [2.05, 4.69) is 25.9 Å². The third-order valence-corrected chi connectivity index (χ3v) is 3.43. The monoisotopic (exact) mass is 348 g/mol. The third-order valence-electron chi connectivity index (χ3n) is 3.43. The summed E-state index contributed by atoms with van der Waals surface area (Å²) in [6.07, 6.45) is -4.43. The lowest BCUT2D eigenvalue weighted by Gasteiger charge is -2.14. The number of primary amides is 1. The molecule has 7 nitrogen and oxygen atoms in total. The minimum absolute atomic E-state index is 0.235. The number of rotatable bonds is 3. The van der Waals surface area contributed by atoms with Gasteiger partial charge in [0.15, 0.2) is 5.82 Å². The van der Waals surface area contributed by atoms with E-state index in [-0.39, 0.29) is 5.82 Å². The smallest absolute Gasteiger partial charge is 0.351 e. The average Bonchev–Trinajstić information content (AvgIpc) is 3.07. The number of H-pyrrole nitrogens is 1. The fourth-order valence-electron chi connectivity index (χ4n) is 2.39. The number of aromatic amines is 1. The number of alkyl halides is 3. The number of anilines is 1. The molecule has 0 radical (unpaired) electrons. The van der Waals surface area contributed by atoms with Gasteiger partial charge < -0.3 is 11.1 Å². The second-order valence-electron chi connectivity index (χ2n) is 5.04. The van der Waals surface area contributed by atoms with Gasteiger partial charge in [0.2, 0.25) is 0 Å². The largest absolute Gasteiger partial charge is 0.416 e. The summed E-state index contributed by atoms with van der Waals surface area (Å²) in [5.74, 6) is 0.235. The van der Waals surface area contributed by atoms with Crippen LogP contribution in [0.5, 0.6) is 0 Å². The van der Waals surface area contributed by atoms with Crippen molar-refractivity contribution in [3.63, 3.8) is 0 Å². The van der Waals surface area contributed by atoms with Crippen LogP contribution < -0.4 is 11.1 Å². The van der Waals surface area contributed by atoms with Gasteiger partial charge in [0.1, 0.15) is 0 Å². The summed E-state index contributed by atoms with van der Waals surface area (Å²) in [5.41, 5.74) is 6.16. The van der Waals surface area contributed by atoms with Crippen LogP contribution in [-0.2, 0) is 6.18 Å². The van der Waals surface area contributed by atoms with Crippen molar-refractivity contribution in [1.82, 2.24) is 20.6 Å². The minimum Gasteiger partial charge on any atom is -0.351 e. The number of tetrazole rings is 1. The van der Waals surface area contributed by atoms with E-state index in [1.54, 1.807) is 18.2 Å². The van der Waals surface area contributed by atoms with E-state index in [4.69, 9.17) is 5.73 Å². The molecule has 0 aliphatic heterocycles. The Hall–Kier alpha value is -3.43. The van der Waals surface area contributed by atoms with Gasteiger partial charge in [0, 0.05) is 0 Å². The van der Waals surface area contributed by atoms with E-state index < -0.39 is 17.8 Å². The maximum Gasteiger partial charge on any atom is 0.416 e. The first-order valence-corrected chi connectivity index (χ1v) is 6.97. The normalized spacial score (nSPS) is 11.3. The lowest BCUT2D eigenvalue weighted by atomic mass is 9.96. The van der Waals surface area contributed by atoms with Crippen molar-refractivity contribution in [3.8, 4) is 22.5 Å². The summed E-state index contributed by atoms with van der Waals surface area (Å²) in [7, 11) is 0. The Morgan fingerprint density at radius 3 is 2.40 bits per heavy atom. The molecule has 0 fully saturated rings. The van der Waals surface area contributed by atoms with E-state index in [1.165, 1.54) is 12.1 Å². The highest BCUT2D eigenvalue weighted by molar-refractivity contribution is 5.97. The minimum atomic E-state index is -4.43. The predicted octanol–water partition coefficient (Wildman–Crippen LogP) is 3.04. The standard InChI is InChI=1S/C15H11F3N6O/c16-15(17,18)9-6-4-8(5-7-9)10-2-1-3-11(20-14(19)25)12(10)13-21-23-24-22-13/h1-7H,(H3,19,20,25)(H,21,22,23,24). The maximum absolute atomic E-state index is 12.7. The molecule has 4 N–H and O–H groups in total. The highest BCUT2D eigenvalue weighted by Gasteiger charge is 2.30. The second kappa shape index (κ2) is 6.23. The molecule has 3 aromatic rings. The molecule has 0 saturated heterocycles. The Bertz CT molecular complexity index is 891. The van der Waals surface area contributed by atoms with E-state index in [1.807, 2.05) is 0 Å². The maximum atomic E-state index is 12.7. The van der Waals surface area contributed by atoms with Crippen LogP contribution >= 0.6 is 0 Å². The van der Waals surface area contributed by atoms with Crippen LogP contribution in [0.2, 0.25) is 0 Å². The Morgan fingerprint density at radius 1 is 1.12 bits per heavy atom. The van der Waals surface area contributed by atoms with Crippen molar-refractivity contribution in [2.75, 3.05) is 5.32 Å².